The van der Waals surface area contributed by atoms with Gasteiger partial charge in [0.15, 0.2) is 0 Å². The van der Waals surface area contributed by atoms with Crippen LogP contribution >= 0.6 is 11.8 Å². The molecule has 1 N–H and O–H groups in total. The van der Waals surface area contributed by atoms with E-state index in [-0.39, 0.29) is 0 Å². The molecule has 104 valence electrons. The number of hydrogen-bond donors (Lipinski definition) is 1. The summed E-state index contributed by atoms with van der Waals surface area (Å²) in [5.74, 6) is 4.70. The van der Waals surface area contributed by atoms with Gasteiger partial charge in [-0.15, -0.1) is 0 Å². The summed E-state index contributed by atoms with van der Waals surface area (Å²) in [7, 11) is 0. The van der Waals surface area contributed by atoms with Gasteiger partial charge in [0.1, 0.15) is 0 Å². The molecule has 2 saturated carbocycles. The van der Waals surface area contributed by atoms with E-state index in [9.17, 15) is 0 Å². The minimum atomic E-state index is 0.524. The summed E-state index contributed by atoms with van der Waals surface area (Å²) in [6.45, 7) is 8.83. The molecule has 3 rings (SSSR count). The highest BCUT2D eigenvalue weighted by atomic mass is 32.2. The lowest BCUT2D eigenvalue weighted by Crippen LogP contribution is -2.51. The maximum Gasteiger partial charge on any atom is 0.0175 e. The number of fused-ring (bicyclic) bond motifs is 2. The van der Waals surface area contributed by atoms with Crippen LogP contribution in [0.3, 0.4) is 0 Å². The summed E-state index contributed by atoms with van der Waals surface area (Å²) in [5, 5.41) is 4.00. The molecule has 0 amide bonds. The Kier molecular flexibility index (Phi) is 3.47. The Labute approximate surface area is 117 Å². The molecule has 3 fully saturated rings. The lowest BCUT2D eigenvalue weighted by Gasteiger charge is -2.44. The topological polar surface area (TPSA) is 12.0 Å². The standard InChI is InChI=1S/C16H29NS/c1-15(2)13-4-7-16(3,10-13)14(15)17-11-12-5-8-18-9-6-12/h12-14,17H,4-11H2,1-3H3. The number of rotatable bonds is 3. The van der Waals surface area contributed by atoms with E-state index < -0.39 is 0 Å². The first-order valence-corrected chi connectivity index (χ1v) is 8.99. The van der Waals surface area contributed by atoms with Crippen molar-refractivity contribution in [3.05, 3.63) is 0 Å². The summed E-state index contributed by atoms with van der Waals surface area (Å²) in [6, 6.07) is 0.762. The van der Waals surface area contributed by atoms with Gasteiger partial charge in [0, 0.05) is 6.04 Å². The first kappa shape index (κ1) is 13.3. The minimum Gasteiger partial charge on any atom is -0.313 e. The molecule has 0 aromatic heterocycles. The van der Waals surface area contributed by atoms with Crippen LogP contribution in [-0.4, -0.2) is 24.1 Å². The van der Waals surface area contributed by atoms with Crippen LogP contribution < -0.4 is 5.32 Å². The molecular formula is C16H29NS. The van der Waals surface area contributed by atoms with Gasteiger partial charge < -0.3 is 5.32 Å². The van der Waals surface area contributed by atoms with E-state index >= 15 is 0 Å². The Hall–Kier alpha value is 0.310. The van der Waals surface area contributed by atoms with Crippen LogP contribution in [0.2, 0.25) is 0 Å². The van der Waals surface area contributed by atoms with Crippen molar-refractivity contribution in [1.29, 1.82) is 0 Å². The zero-order valence-corrected chi connectivity index (χ0v) is 13.1. The van der Waals surface area contributed by atoms with Gasteiger partial charge >= 0.3 is 0 Å². The van der Waals surface area contributed by atoms with Crippen molar-refractivity contribution in [3.8, 4) is 0 Å². The van der Waals surface area contributed by atoms with Crippen molar-refractivity contribution >= 4 is 11.8 Å². The van der Waals surface area contributed by atoms with E-state index in [1.54, 1.807) is 0 Å². The quantitative estimate of drug-likeness (QED) is 0.831. The Balaban J connectivity index is 1.61. The molecule has 0 aromatic carbocycles. The van der Waals surface area contributed by atoms with Crippen LogP contribution in [0.25, 0.3) is 0 Å². The molecule has 3 atom stereocenters. The molecular weight excluding hydrogens is 238 g/mol. The fourth-order valence-corrected chi connectivity index (χ4v) is 6.25. The Morgan fingerprint density at radius 1 is 1.11 bits per heavy atom. The Bertz CT molecular complexity index is 303. The molecule has 1 nitrogen and oxygen atoms in total. The normalized spacial score (nSPS) is 43.5. The van der Waals surface area contributed by atoms with Gasteiger partial charge in [-0.25, -0.2) is 0 Å². The molecule has 3 aliphatic rings. The third kappa shape index (κ3) is 2.14. The molecule has 2 bridgehead atoms. The van der Waals surface area contributed by atoms with Crippen LogP contribution in [-0.2, 0) is 0 Å². The zero-order chi connectivity index (χ0) is 12.8. The average molecular weight is 267 g/mol. The van der Waals surface area contributed by atoms with E-state index in [1.807, 2.05) is 0 Å². The maximum absolute atomic E-state index is 4.00. The highest BCUT2D eigenvalue weighted by Gasteiger charge is 2.58. The molecule has 2 aliphatic carbocycles. The fraction of sp³-hybridized carbons (Fsp3) is 1.00. The van der Waals surface area contributed by atoms with Gasteiger partial charge in [0.25, 0.3) is 0 Å². The molecule has 0 spiro atoms. The number of nitrogens with one attached hydrogen (secondary N) is 1. The van der Waals surface area contributed by atoms with E-state index in [2.05, 4.69) is 37.8 Å². The molecule has 0 radical (unpaired) electrons. The third-order valence-corrected chi connectivity index (χ3v) is 7.27. The molecule has 1 aliphatic heterocycles. The lowest BCUT2D eigenvalue weighted by molar-refractivity contribution is 0.105. The monoisotopic (exact) mass is 267 g/mol. The average Bonchev–Trinajstić information content (AvgIpc) is 2.81. The fourth-order valence-electron chi connectivity index (χ4n) is 5.05. The van der Waals surface area contributed by atoms with Gasteiger partial charge in [-0.1, -0.05) is 20.8 Å². The van der Waals surface area contributed by atoms with Crippen molar-refractivity contribution in [3.63, 3.8) is 0 Å². The first-order chi connectivity index (χ1) is 8.52. The van der Waals surface area contributed by atoms with E-state index in [0.717, 1.165) is 17.9 Å². The largest absolute Gasteiger partial charge is 0.313 e. The predicted octanol–water partition coefficient (Wildman–Crippen LogP) is 3.93. The second kappa shape index (κ2) is 4.70. The highest BCUT2D eigenvalue weighted by Crippen LogP contribution is 2.62. The summed E-state index contributed by atoms with van der Waals surface area (Å²) in [6.07, 6.45) is 7.27. The van der Waals surface area contributed by atoms with Gasteiger partial charge in [-0.3, -0.25) is 0 Å². The highest BCUT2D eigenvalue weighted by molar-refractivity contribution is 7.99. The summed E-state index contributed by atoms with van der Waals surface area (Å²) in [4.78, 5) is 0. The second-order valence-corrected chi connectivity index (χ2v) is 9.04. The first-order valence-electron chi connectivity index (χ1n) is 7.83. The lowest BCUT2D eigenvalue weighted by atomic mass is 9.68. The van der Waals surface area contributed by atoms with E-state index in [1.165, 1.54) is 50.2 Å². The van der Waals surface area contributed by atoms with Gasteiger partial charge in [0.2, 0.25) is 0 Å². The van der Waals surface area contributed by atoms with Crippen LogP contribution in [0, 0.1) is 22.7 Å². The second-order valence-electron chi connectivity index (χ2n) is 7.81. The SMILES string of the molecule is CC12CCC(C1)C(C)(C)C2NCC1CCSCC1. The number of hydrogen-bond acceptors (Lipinski definition) is 2. The van der Waals surface area contributed by atoms with Crippen molar-refractivity contribution in [1.82, 2.24) is 5.32 Å². The van der Waals surface area contributed by atoms with Gasteiger partial charge in [-0.05, 0) is 72.8 Å². The summed E-state index contributed by atoms with van der Waals surface area (Å²) < 4.78 is 0. The Morgan fingerprint density at radius 2 is 1.83 bits per heavy atom. The smallest absolute Gasteiger partial charge is 0.0175 e. The van der Waals surface area contributed by atoms with Crippen molar-refractivity contribution in [2.24, 2.45) is 22.7 Å². The summed E-state index contributed by atoms with van der Waals surface area (Å²) in [5.41, 5.74) is 1.12. The van der Waals surface area contributed by atoms with Crippen molar-refractivity contribution in [2.45, 2.75) is 58.9 Å². The van der Waals surface area contributed by atoms with E-state index in [4.69, 9.17) is 0 Å². The maximum atomic E-state index is 4.00. The molecule has 3 unspecified atom stereocenters. The van der Waals surface area contributed by atoms with Crippen LogP contribution in [0.15, 0.2) is 0 Å². The van der Waals surface area contributed by atoms with Crippen LogP contribution in [0.5, 0.6) is 0 Å². The van der Waals surface area contributed by atoms with Crippen molar-refractivity contribution in [2.75, 3.05) is 18.1 Å². The molecule has 18 heavy (non-hydrogen) atoms. The van der Waals surface area contributed by atoms with Gasteiger partial charge in [0.05, 0.1) is 0 Å². The molecule has 1 saturated heterocycles. The molecule has 1 heterocycles. The van der Waals surface area contributed by atoms with Crippen molar-refractivity contribution < 1.29 is 0 Å². The van der Waals surface area contributed by atoms with Crippen LogP contribution in [0.1, 0.15) is 52.9 Å². The van der Waals surface area contributed by atoms with E-state index in [0.29, 0.717) is 10.8 Å². The molecule has 0 aromatic rings. The third-order valence-electron chi connectivity index (χ3n) is 6.22. The minimum absolute atomic E-state index is 0.524. The summed E-state index contributed by atoms with van der Waals surface area (Å²) >= 11 is 2.14. The zero-order valence-electron chi connectivity index (χ0n) is 12.3. The Morgan fingerprint density at radius 3 is 2.44 bits per heavy atom. The van der Waals surface area contributed by atoms with Gasteiger partial charge in [-0.2, -0.15) is 11.8 Å². The predicted molar refractivity (Wildman–Crippen MR) is 81.1 cm³/mol. The number of thioether (sulfide) groups is 1. The van der Waals surface area contributed by atoms with Crippen LogP contribution in [0.4, 0.5) is 0 Å². The molecule has 2 heteroatoms.